The number of rotatable bonds is 5. The molecule has 1 aliphatic heterocycles. The van der Waals surface area contributed by atoms with Crippen LogP contribution in [0.1, 0.15) is 44.0 Å². The van der Waals surface area contributed by atoms with Crippen LogP contribution in [0, 0.1) is 5.41 Å². The van der Waals surface area contributed by atoms with Crippen LogP contribution in [0.4, 0.5) is 5.69 Å². The number of carbonyl (C=O) groups is 2. The number of nitrogens with zero attached hydrogens (tertiary/aromatic N) is 1. The van der Waals surface area contributed by atoms with Crippen molar-refractivity contribution in [2.45, 2.75) is 39.7 Å². The average Bonchev–Trinajstić information content (AvgIpc) is 2.66. The second kappa shape index (κ2) is 9.98. The summed E-state index contributed by atoms with van der Waals surface area (Å²) in [6.07, 6.45) is 1.80. The fourth-order valence-corrected chi connectivity index (χ4v) is 3.01. The molecular weight excluding hydrogens is 382 g/mol. The number of piperidine rings is 1. The molecule has 1 fully saturated rings. The number of carbonyl (C=O) groups excluding carboxylic acids is 2. The number of methoxy groups -OCH3 is 2. The van der Waals surface area contributed by atoms with Crippen molar-refractivity contribution >= 4 is 29.9 Å². The molecule has 0 saturated carbocycles. The first kappa shape index (κ1) is 24.0. The number of likely N-dealkylation sites (tertiary alicyclic amines) is 1. The van der Waals surface area contributed by atoms with E-state index in [2.05, 4.69) is 10.6 Å². The molecule has 2 rings (SSSR count). The molecular formula is C20H32ClN3O4. The predicted octanol–water partition coefficient (Wildman–Crippen LogP) is 2.93. The van der Waals surface area contributed by atoms with Gasteiger partial charge in [0, 0.05) is 30.6 Å². The highest BCUT2D eigenvalue weighted by atomic mass is 35.5. The van der Waals surface area contributed by atoms with Gasteiger partial charge in [-0.05, 0) is 26.0 Å². The van der Waals surface area contributed by atoms with E-state index in [1.165, 1.54) is 14.2 Å². The number of benzene rings is 1. The first-order valence-electron chi connectivity index (χ1n) is 9.25. The third-order valence-corrected chi connectivity index (χ3v) is 4.87. The number of hydrogen-bond acceptors (Lipinski definition) is 5. The van der Waals surface area contributed by atoms with E-state index in [0.29, 0.717) is 41.9 Å². The Hall–Kier alpha value is -1.99. The second-order valence-corrected chi connectivity index (χ2v) is 7.81. The number of halogens is 1. The fourth-order valence-electron chi connectivity index (χ4n) is 3.01. The maximum Gasteiger partial charge on any atom is 0.256 e. The lowest BCUT2D eigenvalue weighted by Gasteiger charge is -2.32. The van der Waals surface area contributed by atoms with Gasteiger partial charge < -0.3 is 25.0 Å². The first-order valence-corrected chi connectivity index (χ1v) is 9.25. The lowest BCUT2D eigenvalue weighted by molar-refractivity contribution is -0.123. The smallest absolute Gasteiger partial charge is 0.256 e. The Bertz CT molecular complexity index is 695. The molecule has 158 valence electrons. The van der Waals surface area contributed by atoms with E-state index in [1.54, 1.807) is 12.1 Å². The zero-order valence-corrected chi connectivity index (χ0v) is 18.4. The number of nitrogens with one attached hydrogen (secondary N) is 2. The Kier molecular flexibility index (Phi) is 8.57. The summed E-state index contributed by atoms with van der Waals surface area (Å²) in [5, 5.41) is 6.14. The Labute approximate surface area is 173 Å². The lowest BCUT2D eigenvalue weighted by atomic mass is 9.95. The van der Waals surface area contributed by atoms with Crippen molar-refractivity contribution in [3.63, 3.8) is 0 Å². The van der Waals surface area contributed by atoms with Crippen LogP contribution >= 0.6 is 12.4 Å². The van der Waals surface area contributed by atoms with Crippen LogP contribution in [0.15, 0.2) is 12.1 Å². The van der Waals surface area contributed by atoms with Crippen molar-refractivity contribution in [1.29, 1.82) is 0 Å². The lowest BCUT2D eigenvalue weighted by Crippen LogP contribution is -2.44. The highest BCUT2D eigenvalue weighted by molar-refractivity contribution is 6.05. The monoisotopic (exact) mass is 413 g/mol. The van der Waals surface area contributed by atoms with E-state index in [4.69, 9.17) is 9.47 Å². The van der Waals surface area contributed by atoms with Crippen molar-refractivity contribution < 1.29 is 19.1 Å². The van der Waals surface area contributed by atoms with Crippen molar-refractivity contribution in [2.75, 3.05) is 39.7 Å². The summed E-state index contributed by atoms with van der Waals surface area (Å²) in [4.78, 5) is 27.5. The summed E-state index contributed by atoms with van der Waals surface area (Å²) in [7, 11) is 4.99. The van der Waals surface area contributed by atoms with Gasteiger partial charge in [0.05, 0.1) is 25.5 Å². The Morgan fingerprint density at radius 1 is 1.07 bits per heavy atom. The van der Waals surface area contributed by atoms with Gasteiger partial charge in [-0.25, -0.2) is 0 Å². The van der Waals surface area contributed by atoms with Gasteiger partial charge in [0.15, 0.2) is 11.5 Å². The van der Waals surface area contributed by atoms with Crippen molar-refractivity contribution in [3.8, 4) is 11.5 Å². The molecule has 0 aliphatic carbocycles. The molecule has 2 N–H and O–H groups in total. The van der Waals surface area contributed by atoms with Crippen LogP contribution < -0.4 is 20.1 Å². The van der Waals surface area contributed by atoms with Gasteiger partial charge in [-0.1, -0.05) is 20.8 Å². The number of hydrogen-bond donors (Lipinski definition) is 2. The van der Waals surface area contributed by atoms with Crippen LogP contribution in [0.5, 0.6) is 11.5 Å². The number of anilines is 1. The molecule has 0 aromatic heterocycles. The maximum atomic E-state index is 13.2. The van der Waals surface area contributed by atoms with Crippen LogP contribution in [-0.4, -0.2) is 57.1 Å². The van der Waals surface area contributed by atoms with Gasteiger partial charge >= 0.3 is 0 Å². The summed E-state index contributed by atoms with van der Waals surface area (Å²) >= 11 is 0. The van der Waals surface area contributed by atoms with Crippen molar-refractivity contribution in [3.05, 3.63) is 17.7 Å². The average molecular weight is 414 g/mol. The standard InChI is InChI=1S/C20H31N3O4.ClH/c1-20(2,3)19(25)22-15-12-17(27-6)16(26-5)11-14(15)18(24)23-9-7-13(21-4)8-10-23;/h11-13,21H,7-10H2,1-6H3,(H,22,25);1H. The highest BCUT2D eigenvalue weighted by Gasteiger charge is 2.28. The molecule has 1 saturated heterocycles. The molecule has 0 spiro atoms. The van der Waals surface area contributed by atoms with Gasteiger partial charge in [0.25, 0.3) is 5.91 Å². The van der Waals surface area contributed by atoms with Crippen LogP contribution in [0.25, 0.3) is 0 Å². The van der Waals surface area contributed by atoms with Gasteiger partial charge in [-0.2, -0.15) is 0 Å². The molecule has 0 radical (unpaired) electrons. The van der Waals surface area contributed by atoms with Crippen molar-refractivity contribution in [2.24, 2.45) is 5.41 Å². The topological polar surface area (TPSA) is 79.9 Å². The van der Waals surface area contributed by atoms with E-state index in [9.17, 15) is 9.59 Å². The first-order chi connectivity index (χ1) is 12.7. The molecule has 1 aromatic rings. The van der Waals surface area contributed by atoms with Gasteiger partial charge in [0.2, 0.25) is 5.91 Å². The fraction of sp³-hybridized carbons (Fsp3) is 0.600. The normalized spacial score (nSPS) is 14.9. The quantitative estimate of drug-likeness (QED) is 0.775. The van der Waals surface area contributed by atoms with Gasteiger partial charge in [-0.3, -0.25) is 9.59 Å². The molecule has 7 nitrogen and oxygen atoms in total. The summed E-state index contributed by atoms with van der Waals surface area (Å²) in [5.41, 5.74) is 0.264. The molecule has 0 atom stereocenters. The number of ether oxygens (including phenoxy) is 2. The molecule has 1 aromatic carbocycles. The van der Waals surface area contributed by atoms with E-state index in [0.717, 1.165) is 12.8 Å². The third kappa shape index (κ3) is 5.52. The highest BCUT2D eigenvalue weighted by Crippen LogP contribution is 2.35. The summed E-state index contributed by atoms with van der Waals surface area (Å²) in [5.74, 6) is 0.638. The summed E-state index contributed by atoms with van der Waals surface area (Å²) in [6, 6.07) is 3.72. The molecule has 0 unspecified atom stereocenters. The molecule has 1 heterocycles. The van der Waals surface area contributed by atoms with E-state index in [-0.39, 0.29) is 24.2 Å². The minimum Gasteiger partial charge on any atom is -0.493 e. The third-order valence-electron chi connectivity index (χ3n) is 4.87. The second-order valence-electron chi connectivity index (χ2n) is 7.81. The SMILES string of the molecule is CNC1CCN(C(=O)c2cc(OC)c(OC)cc2NC(=O)C(C)(C)C)CC1.Cl. The maximum absolute atomic E-state index is 13.2. The molecule has 28 heavy (non-hydrogen) atoms. The largest absolute Gasteiger partial charge is 0.493 e. The molecule has 0 bridgehead atoms. The minimum absolute atomic E-state index is 0. The zero-order valence-electron chi connectivity index (χ0n) is 17.5. The summed E-state index contributed by atoms with van der Waals surface area (Å²) < 4.78 is 10.7. The van der Waals surface area contributed by atoms with E-state index >= 15 is 0 Å². The molecule has 2 amide bonds. The van der Waals surface area contributed by atoms with E-state index in [1.807, 2.05) is 32.7 Å². The molecule has 1 aliphatic rings. The summed E-state index contributed by atoms with van der Waals surface area (Å²) in [6.45, 7) is 6.82. The van der Waals surface area contributed by atoms with Gasteiger partial charge in [-0.15, -0.1) is 12.4 Å². The van der Waals surface area contributed by atoms with Crippen LogP contribution in [0.3, 0.4) is 0 Å². The Balaban J connectivity index is 0.00000392. The van der Waals surface area contributed by atoms with Crippen molar-refractivity contribution in [1.82, 2.24) is 10.2 Å². The predicted molar refractivity (Wildman–Crippen MR) is 113 cm³/mol. The van der Waals surface area contributed by atoms with E-state index < -0.39 is 5.41 Å². The zero-order chi connectivity index (χ0) is 20.2. The van der Waals surface area contributed by atoms with Gasteiger partial charge in [0.1, 0.15) is 0 Å². The minimum atomic E-state index is -0.585. The number of amides is 2. The Morgan fingerprint density at radius 2 is 1.61 bits per heavy atom. The Morgan fingerprint density at radius 3 is 2.07 bits per heavy atom. The van der Waals surface area contributed by atoms with Crippen LogP contribution in [-0.2, 0) is 4.79 Å². The molecule has 8 heteroatoms. The van der Waals surface area contributed by atoms with Crippen LogP contribution in [0.2, 0.25) is 0 Å².